The number of fused-ring (bicyclic) bond motifs is 9. The molecule has 1 N–H and O–H groups in total. The molecule has 2 aliphatic heterocycles. The molecule has 3 aromatic carbocycles. The van der Waals surface area contributed by atoms with Crippen LogP contribution in [-0.4, -0.2) is 22.0 Å². The molecule has 0 radical (unpaired) electrons. The third kappa shape index (κ3) is 4.30. The van der Waals surface area contributed by atoms with Crippen LogP contribution in [0.25, 0.3) is 0 Å². The Labute approximate surface area is 264 Å². The van der Waals surface area contributed by atoms with E-state index >= 15 is 0 Å². The molecule has 8 rings (SSSR count). The Bertz CT molecular complexity index is 1840. The van der Waals surface area contributed by atoms with Gasteiger partial charge in [-0.05, 0) is 84.3 Å². The summed E-state index contributed by atoms with van der Waals surface area (Å²) in [4.78, 5) is 45.5. The van der Waals surface area contributed by atoms with E-state index in [2.05, 4.69) is 4.98 Å². The minimum Gasteiger partial charge on any atom is -0.489 e. The van der Waals surface area contributed by atoms with Gasteiger partial charge in [-0.3, -0.25) is 19.3 Å². The summed E-state index contributed by atoms with van der Waals surface area (Å²) >= 11 is 15.4. The van der Waals surface area contributed by atoms with Gasteiger partial charge in [-0.25, -0.2) is 4.39 Å². The van der Waals surface area contributed by atoms with E-state index in [-0.39, 0.29) is 45.6 Å². The second kappa shape index (κ2) is 10.2. The first kappa shape index (κ1) is 27.4. The van der Waals surface area contributed by atoms with E-state index in [4.69, 9.17) is 27.9 Å². The zero-order valence-corrected chi connectivity index (χ0v) is 25.5. The lowest BCUT2D eigenvalue weighted by molar-refractivity contribution is -0.123. The number of amides is 2. The third-order valence-electron chi connectivity index (χ3n) is 9.42. The van der Waals surface area contributed by atoms with E-state index in [0.717, 1.165) is 27.5 Å². The molecule has 2 amide bonds. The van der Waals surface area contributed by atoms with Crippen molar-refractivity contribution in [2.75, 3.05) is 4.90 Å². The van der Waals surface area contributed by atoms with Crippen molar-refractivity contribution in [3.05, 3.63) is 108 Å². The fourth-order valence-corrected chi connectivity index (χ4v) is 11.0. The lowest BCUT2D eigenvalue weighted by Crippen LogP contribution is -2.42. The van der Waals surface area contributed by atoms with Crippen LogP contribution in [0, 0.1) is 35.4 Å². The van der Waals surface area contributed by atoms with Crippen molar-refractivity contribution in [1.29, 1.82) is 0 Å². The SMILES string of the molecule is O=C1C2C(C(=O)N1c1ccc(F)cc1)[C@@H]1C[C@H]2C2Sc3[nH]c(=O)sc3C(c3cc(Cl)ccc3OCc3ccc(Cl)cc3)C21. The first-order valence-electron chi connectivity index (χ1n) is 14.0. The number of aromatic nitrogens is 1. The molecule has 4 aromatic rings. The zero-order valence-electron chi connectivity index (χ0n) is 22.3. The maximum atomic E-state index is 13.9. The van der Waals surface area contributed by atoms with Gasteiger partial charge in [0, 0.05) is 31.7 Å². The van der Waals surface area contributed by atoms with Crippen LogP contribution in [-0.2, 0) is 16.2 Å². The van der Waals surface area contributed by atoms with Gasteiger partial charge in [0.15, 0.2) is 0 Å². The first-order chi connectivity index (χ1) is 20.8. The van der Waals surface area contributed by atoms with Crippen LogP contribution in [0.4, 0.5) is 10.1 Å². The van der Waals surface area contributed by atoms with Crippen molar-refractivity contribution in [2.24, 2.45) is 29.6 Å². The minimum absolute atomic E-state index is 0.0158. The smallest absolute Gasteiger partial charge is 0.305 e. The predicted octanol–water partition coefficient (Wildman–Crippen LogP) is 7.14. The lowest BCUT2D eigenvalue weighted by Gasteiger charge is -2.43. The van der Waals surface area contributed by atoms with Gasteiger partial charge < -0.3 is 9.72 Å². The molecule has 4 aliphatic rings. The summed E-state index contributed by atoms with van der Waals surface area (Å²) in [6.07, 6.45) is 0.754. The van der Waals surface area contributed by atoms with Gasteiger partial charge in [0.25, 0.3) is 0 Å². The number of anilines is 1. The monoisotopic (exact) mass is 652 g/mol. The highest BCUT2D eigenvalue weighted by molar-refractivity contribution is 8.00. The standard InChI is InChI=1S/C32H23Cl2FN2O4S2/c33-15-3-1-14(2-4-15)13-41-22-10-5-16(34)11-19(22)23-24-20-12-21(27(24)42-29-28(23)43-32(40)36-29)26-25(20)30(38)37(31(26)39)18-8-6-17(35)7-9-18/h1-11,20-21,23-27H,12-13H2,(H,36,40)/t20-,21-,23?,24?,25?,26?,27?/m1/s1. The van der Waals surface area contributed by atoms with E-state index < -0.39 is 17.7 Å². The van der Waals surface area contributed by atoms with Gasteiger partial charge >= 0.3 is 4.87 Å². The maximum absolute atomic E-state index is 13.9. The number of nitrogens with one attached hydrogen (secondary N) is 1. The first-order valence-corrected chi connectivity index (χ1v) is 16.4. The van der Waals surface area contributed by atoms with E-state index in [1.807, 2.05) is 36.4 Å². The fourth-order valence-electron chi connectivity index (χ4n) is 7.85. The number of ether oxygens (including phenoxy) is 1. The van der Waals surface area contributed by atoms with Gasteiger partial charge in [0.05, 0.1) is 22.5 Å². The Morgan fingerprint density at radius 1 is 0.907 bits per heavy atom. The topological polar surface area (TPSA) is 79.5 Å². The molecule has 0 spiro atoms. The number of hydrogen-bond donors (Lipinski definition) is 1. The second-order valence-electron chi connectivity index (χ2n) is 11.5. The number of imide groups is 1. The number of thiazole rings is 1. The molecule has 3 fully saturated rings. The van der Waals surface area contributed by atoms with Crippen molar-refractivity contribution in [3.8, 4) is 5.75 Å². The number of H-pyrrole nitrogens is 1. The average molecular weight is 654 g/mol. The molecule has 2 saturated carbocycles. The molecule has 11 heteroatoms. The average Bonchev–Trinajstić information content (AvgIpc) is 3.73. The minimum atomic E-state index is -0.471. The number of aromatic amines is 1. The molecule has 2 bridgehead atoms. The van der Waals surface area contributed by atoms with Gasteiger partial charge in [-0.1, -0.05) is 46.7 Å². The number of carbonyl (C=O) groups is 2. The summed E-state index contributed by atoms with van der Waals surface area (Å²) in [5.74, 6) is -1.51. The van der Waals surface area contributed by atoms with Crippen molar-refractivity contribution < 1.29 is 18.7 Å². The summed E-state index contributed by atoms with van der Waals surface area (Å²) in [5, 5.41) is 2.01. The molecular formula is C32H23Cl2FN2O4S2. The van der Waals surface area contributed by atoms with Gasteiger partial charge in [0.2, 0.25) is 11.8 Å². The van der Waals surface area contributed by atoms with Gasteiger partial charge in [-0.15, -0.1) is 11.8 Å². The largest absolute Gasteiger partial charge is 0.489 e. The Morgan fingerprint density at radius 2 is 1.60 bits per heavy atom. The van der Waals surface area contributed by atoms with Gasteiger partial charge in [-0.2, -0.15) is 0 Å². The number of thioether (sulfide) groups is 1. The number of hydrogen-bond acceptors (Lipinski definition) is 6. The summed E-state index contributed by atoms with van der Waals surface area (Å²) in [6.45, 7) is 0.313. The predicted molar refractivity (Wildman–Crippen MR) is 165 cm³/mol. The van der Waals surface area contributed by atoms with Crippen LogP contribution in [0.2, 0.25) is 10.0 Å². The number of carbonyl (C=O) groups excluding carboxylic acids is 2. The Kier molecular flexibility index (Phi) is 6.53. The summed E-state index contributed by atoms with van der Waals surface area (Å²) < 4.78 is 20.0. The van der Waals surface area contributed by atoms with E-state index in [0.29, 0.717) is 28.1 Å². The number of rotatable bonds is 5. The third-order valence-corrected chi connectivity index (χ3v) is 12.5. The van der Waals surface area contributed by atoms with Crippen molar-refractivity contribution >= 4 is 63.8 Å². The Morgan fingerprint density at radius 3 is 2.35 bits per heavy atom. The van der Waals surface area contributed by atoms with E-state index in [1.54, 1.807) is 17.8 Å². The van der Waals surface area contributed by atoms with Crippen molar-refractivity contribution in [3.63, 3.8) is 0 Å². The maximum Gasteiger partial charge on any atom is 0.305 e. The van der Waals surface area contributed by atoms with Crippen LogP contribution in [0.5, 0.6) is 5.75 Å². The quantitative estimate of drug-likeness (QED) is 0.232. The van der Waals surface area contributed by atoms with Crippen molar-refractivity contribution in [1.82, 2.24) is 4.98 Å². The summed E-state index contributed by atoms with van der Waals surface area (Å²) in [5.41, 5.74) is 2.21. The number of benzene rings is 3. The molecular weight excluding hydrogens is 630 g/mol. The van der Waals surface area contributed by atoms with Crippen LogP contribution in [0.3, 0.4) is 0 Å². The second-order valence-corrected chi connectivity index (χ2v) is 14.6. The molecule has 43 heavy (non-hydrogen) atoms. The molecule has 218 valence electrons. The van der Waals surface area contributed by atoms with Crippen LogP contribution < -0.4 is 14.5 Å². The number of halogens is 3. The summed E-state index contributed by atoms with van der Waals surface area (Å²) in [7, 11) is 0. The highest BCUT2D eigenvalue weighted by atomic mass is 35.5. The van der Waals surface area contributed by atoms with Gasteiger partial charge in [0.1, 0.15) is 18.2 Å². The van der Waals surface area contributed by atoms with E-state index in [9.17, 15) is 18.8 Å². The Hall–Kier alpha value is -3.11. The molecule has 1 aromatic heterocycles. The molecule has 5 unspecified atom stereocenters. The molecule has 7 atom stereocenters. The van der Waals surface area contributed by atoms with Crippen LogP contribution in [0.1, 0.15) is 28.3 Å². The molecule has 1 saturated heterocycles. The lowest BCUT2D eigenvalue weighted by atomic mass is 9.68. The highest BCUT2D eigenvalue weighted by Crippen LogP contribution is 2.69. The number of nitrogens with zero attached hydrogens (tertiary/aromatic N) is 1. The highest BCUT2D eigenvalue weighted by Gasteiger charge is 2.69. The normalized spacial score (nSPS) is 28.6. The zero-order chi connectivity index (χ0) is 29.6. The molecule has 6 nitrogen and oxygen atoms in total. The van der Waals surface area contributed by atoms with Crippen molar-refractivity contribution in [2.45, 2.75) is 29.2 Å². The summed E-state index contributed by atoms with van der Waals surface area (Å²) in [6, 6.07) is 18.5. The Balaban J connectivity index is 1.20. The molecule has 2 aliphatic carbocycles. The molecule has 3 heterocycles. The van der Waals surface area contributed by atoms with Crippen LogP contribution in [0.15, 0.2) is 76.6 Å². The van der Waals surface area contributed by atoms with Crippen LogP contribution >= 0.6 is 46.3 Å². The fraction of sp³-hybridized carbons (Fsp3) is 0.281. The van der Waals surface area contributed by atoms with E-state index in [1.165, 1.54) is 40.5 Å².